The molecular weight excluding hydrogens is 594 g/mol. The van der Waals surface area contributed by atoms with Crippen molar-refractivity contribution < 1.29 is 39.6 Å². The van der Waals surface area contributed by atoms with E-state index in [1.165, 1.54) is 22.6 Å². The van der Waals surface area contributed by atoms with E-state index in [2.05, 4.69) is 21.3 Å². The van der Waals surface area contributed by atoms with Crippen LogP contribution in [-0.4, -0.2) is 97.1 Å². The molecule has 0 unspecified atom stereocenters. The second-order valence-corrected chi connectivity index (χ2v) is 6.88. The molecular formula is C13H22I2N4O8. The van der Waals surface area contributed by atoms with Crippen molar-refractivity contribution in [2.75, 3.05) is 30.6 Å². The molecule has 0 rings (SSSR count). The number of aliphatic hydroxyl groups excluding tert-OH is 4. The molecule has 8 N–H and O–H groups in total. The summed E-state index contributed by atoms with van der Waals surface area (Å²) in [5, 5.41) is 48.2. The zero-order valence-corrected chi connectivity index (χ0v) is 18.3. The van der Waals surface area contributed by atoms with Gasteiger partial charge < -0.3 is 41.7 Å². The van der Waals surface area contributed by atoms with Crippen LogP contribution in [0, 0.1) is 0 Å². The Hall–Kier alpha value is -0.820. The van der Waals surface area contributed by atoms with Gasteiger partial charge in [0.1, 0.15) is 12.2 Å². The number of halogens is 2. The molecule has 0 heterocycles. The number of hydrogen-bond donors (Lipinski definition) is 8. The molecule has 0 fully saturated rings. The van der Waals surface area contributed by atoms with Gasteiger partial charge in [0.15, 0.2) is 12.2 Å². The molecule has 4 amide bonds. The molecule has 0 aromatic heterocycles. The molecule has 0 bridgehead atoms. The number of carbonyl (C=O) groups excluding carboxylic acids is 4. The predicted octanol–water partition coefficient (Wildman–Crippen LogP) is -3.64. The van der Waals surface area contributed by atoms with Crippen LogP contribution in [0.5, 0.6) is 0 Å². The average Bonchev–Trinajstić information content (AvgIpc) is 2.65. The molecule has 0 saturated carbocycles. The second-order valence-electron chi connectivity index (χ2n) is 5.14. The molecule has 0 aliphatic rings. The fourth-order valence-corrected chi connectivity index (χ4v) is 2.21. The Labute approximate surface area is 182 Å². The van der Waals surface area contributed by atoms with Gasteiger partial charge in [-0.2, -0.15) is 0 Å². The molecule has 0 radical (unpaired) electrons. The molecule has 0 aliphatic heterocycles. The van der Waals surface area contributed by atoms with Crippen molar-refractivity contribution in [1.29, 1.82) is 0 Å². The highest BCUT2D eigenvalue weighted by Gasteiger charge is 2.37. The lowest BCUT2D eigenvalue weighted by molar-refractivity contribution is -0.155. The molecule has 12 nitrogen and oxygen atoms in total. The van der Waals surface area contributed by atoms with Crippen LogP contribution in [0.4, 0.5) is 4.79 Å². The molecule has 0 spiro atoms. The predicted molar refractivity (Wildman–Crippen MR) is 109 cm³/mol. The number of aliphatic hydroxyl groups is 4. The minimum absolute atomic E-state index is 0.0351. The van der Waals surface area contributed by atoms with Crippen molar-refractivity contribution in [3.63, 3.8) is 0 Å². The summed E-state index contributed by atoms with van der Waals surface area (Å²) in [6.07, 6.45) is -8.49. The van der Waals surface area contributed by atoms with Gasteiger partial charge in [0.05, 0.1) is 4.43 Å². The van der Waals surface area contributed by atoms with Crippen molar-refractivity contribution in [3.8, 4) is 0 Å². The van der Waals surface area contributed by atoms with Crippen molar-refractivity contribution in [1.82, 2.24) is 21.3 Å². The van der Waals surface area contributed by atoms with Gasteiger partial charge in [0.25, 0.3) is 15.7 Å². The first-order valence-electron chi connectivity index (χ1n) is 7.65. The Morgan fingerprint density at radius 1 is 0.704 bits per heavy atom. The van der Waals surface area contributed by atoms with Crippen LogP contribution in [0.3, 0.4) is 0 Å². The van der Waals surface area contributed by atoms with E-state index in [1.807, 2.05) is 22.6 Å². The molecule has 0 aromatic carbocycles. The monoisotopic (exact) mass is 616 g/mol. The quantitative estimate of drug-likeness (QED) is 0.0361. The highest BCUT2D eigenvalue weighted by Crippen LogP contribution is 2.06. The van der Waals surface area contributed by atoms with E-state index in [9.17, 15) is 39.6 Å². The Kier molecular flexibility index (Phi) is 13.8. The van der Waals surface area contributed by atoms with Gasteiger partial charge >= 0.3 is 0 Å². The number of alkyl halides is 1. The Morgan fingerprint density at radius 3 is 1.44 bits per heavy atom. The van der Waals surface area contributed by atoms with Gasteiger partial charge in [0, 0.05) is 48.8 Å². The standard InChI is InChI=1S/C13H22I2N4O8/c14-5-6(20)16-1-2-17-11(25)9(23)7(21)8(22)10(24)12(26)18-3-4-19-13(15)27/h7-10,21-24H,1-5H2,(H,16,20)(H,17,25)(H,18,26)(H,19,27)/t7-,8+,9+,10-/m0/s1. The topological polar surface area (TPSA) is 197 Å². The molecule has 27 heavy (non-hydrogen) atoms. The van der Waals surface area contributed by atoms with Crippen LogP contribution in [0.2, 0.25) is 0 Å². The van der Waals surface area contributed by atoms with Crippen LogP contribution >= 0.6 is 45.2 Å². The Morgan fingerprint density at radius 2 is 1.07 bits per heavy atom. The van der Waals surface area contributed by atoms with Gasteiger partial charge in [-0.05, 0) is 0 Å². The van der Waals surface area contributed by atoms with Gasteiger partial charge in [-0.3, -0.25) is 19.2 Å². The van der Waals surface area contributed by atoms with Gasteiger partial charge in [0.2, 0.25) is 5.91 Å². The summed E-state index contributed by atoms with van der Waals surface area (Å²) in [5.74, 6) is -2.35. The SMILES string of the molecule is O=C(I)NCCNC(=O)[C@@H](O)[C@H](O)[C@H](O)[C@@H](O)C(=O)NCCNC(=O)CI. The molecule has 4 atom stereocenters. The zero-order chi connectivity index (χ0) is 21.0. The Bertz CT molecular complexity index is 525. The van der Waals surface area contributed by atoms with Crippen molar-refractivity contribution in [2.24, 2.45) is 0 Å². The minimum Gasteiger partial charge on any atom is -0.387 e. The summed E-state index contributed by atoms with van der Waals surface area (Å²) >= 11 is 3.34. The number of nitrogens with one attached hydrogen (secondary N) is 4. The van der Waals surface area contributed by atoms with Crippen molar-refractivity contribution in [3.05, 3.63) is 0 Å². The van der Waals surface area contributed by atoms with Crippen LogP contribution in [0.15, 0.2) is 0 Å². The van der Waals surface area contributed by atoms with E-state index in [1.54, 1.807) is 0 Å². The maximum Gasteiger partial charge on any atom is 0.280 e. The molecule has 156 valence electrons. The fourth-order valence-electron chi connectivity index (χ4n) is 1.67. The zero-order valence-electron chi connectivity index (χ0n) is 14.0. The highest BCUT2D eigenvalue weighted by molar-refractivity contribution is 14.1. The van der Waals surface area contributed by atoms with E-state index in [-0.39, 0.29) is 40.4 Å². The summed E-state index contributed by atoms with van der Waals surface area (Å²) in [6, 6.07) is 0. The first kappa shape index (κ1) is 26.2. The minimum atomic E-state index is -2.14. The lowest BCUT2D eigenvalue weighted by Crippen LogP contribution is -2.55. The summed E-state index contributed by atoms with van der Waals surface area (Å²) < 4.78 is -0.107. The second kappa shape index (κ2) is 14.2. The summed E-state index contributed by atoms with van der Waals surface area (Å²) in [5.41, 5.74) is 0. The number of carbonyl (C=O) groups is 4. The summed E-state index contributed by atoms with van der Waals surface area (Å²) in [6.45, 7) is 0.0990. The first-order valence-corrected chi connectivity index (χ1v) is 10.3. The summed E-state index contributed by atoms with van der Waals surface area (Å²) in [4.78, 5) is 45.0. The number of hydrogen-bond acceptors (Lipinski definition) is 8. The van der Waals surface area contributed by atoms with Crippen LogP contribution in [0.1, 0.15) is 0 Å². The van der Waals surface area contributed by atoms with E-state index in [0.29, 0.717) is 0 Å². The normalized spacial score (nSPS) is 15.0. The summed E-state index contributed by atoms with van der Waals surface area (Å²) in [7, 11) is 0. The van der Waals surface area contributed by atoms with E-state index in [0.717, 1.165) is 0 Å². The third kappa shape index (κ3) is 10.9. The van der Waals surface area contributed by atoms with Crippen LogP contribution in [-0.2, 0) is 14.4 Å². The average molecular weight is 616 g/mol. The van der Waals surface area contributed by atoms with E-state index < -0.39 is 36.2 Å². The highest BCUT2D eigenvalue weighted by atomic mass is 127. The lowest BCUT2D eigenvalue weighted by Gasteiger charge is -2.25. The molecule has 14 heteroatoms. The Balaban J connectivity index is 4.35. The van der Waals surface area contributed by atoms with Gasteiger partial charge in [-0.1, -0.05) is 22.6 Å². The molecule has 0 aromatic rings. The van der Waals surface area contributed by atoms with Crippen molar-refractivity contribution in [2.45, 2.75) is 24.4 Å². The smallest absolute Gasteiger partial charge is 0.280 e. The van der Waals surface area contributed by atoms with Gasteiger partial charge in [-0.15, -0.1) is 0 Å². The fraction of sp³-hybridized carbons (Fsp3) is 0.692. The van der Waals surface area contributed by atoms with E-state index >= 15 is 0 Å². The third-order valence-electron chi connectivity index (χ3n) is 3.09. The third-order valence-corrected chi connectivity index (χ3v) is 4.16. The number of rotatable bonds is 12. The van der Waals surface area contributed by atoms with Crippen LogP contribution < -0.4 is 21.3 Å². The lowest BCUT2D eigenvalue weighted by atomic mass is 10.0. The molecule has 0 aliphatic carbocycles. The first-order chi connectivity index (χ1) is 12.6. The number of amides is 4. The van der Waals surface area contributed by atoms with Gasteiger partial charge in [-0.25, -0.2) is 0 Å². The largest absolute Gasteiger partial charge is 0.387 e. The maximum atomic E-state index is 11.7. The van der Waals surface area contributed by atoms with Crippen LogP contribution in [0.25, 0.3) is 0 Å². The maximum absolute atomic E-state index is 11.7. The molecule has 0 saturated heterocycles. The van der Waals surface area contributed by atoms with Crippen molar-refractivity contribution >= 4 is 66.8 Å². The van der Waals surface area contributed by atoms with E-state index in [4.69, 9.17) is 0 Å².